The zero-order valence-corrected chi connectivity index (χ0v) is 21.3. The summed E-state index contributed by atoms with van der Waals surface area (Å²) in [6, 6.07) is 18.5. The molecule has 1 aliphatic heterocycles. The molecule has 0 bridgehead atoms. The topological polar surface area (TPSA) is 91.7 Å². The van der Waals surface area contributed by atoms with E-state index in [1.807, 2.05) is 45.0 Å². The summed E-state index contributed by atoms with van der Waals surface area (Å²) in [6.45, 7) is 6.48. The Labute approximate surface area is 214 Å². The number of ether oxygens (including phenoxy) is 2. The largest absolute Gasteiger partial charge is 0.448 e. The number of hydrogen-bond donors (Lipinski definition) is 1. The van der Waals surface area contributed by atoms with E-state index < -0.39 is 11.7 Å². The van der Waals surface area contributed by atoms with Gasteiger partial charge in [0, 0.05) is 17.3 Å². The van der Waals surface area contributed by atoms with Gasteiger partial charge >= 0.3 is 12.2 Å². The van der Waals surface area contributed by atoms with Crippen LogP contribution in [0.1, 0.15) is 53.8 Å². The lowest BCUT2D eigenvalue weighted by molar-refractivity contribution is 0.0226. The molecule has 2 amide bonds. The predicted molar refractivity (Wildman–Crippen MR) is 138 cm³/mol. The van der Waals surface area contributed by atoms with E-state index in [0.717, 1.165) is 32.7 Å². The minimum atomic E-state index is -0.601. The van der Waals surface area contributed by atoms with E-state index in [-0.39, 0.29) is 18.6 Å². The summed E-state index contributed by atoms with van der Waals surface area (Å²) in [5, 5.41) is 13.0. The van der Waals surface area contributed by atoms with Crippen molar-refractivity contribution in [1.29, 1.82) is 5.26 Å². The van der Waals surface area contributed by atoms with Crippen molar-refractivity contribution in [2.45, 2.75) is 45.3 Å². The molecule has 184 valence electrons. The third kappa shape index (κ3) is 4.54. The summed E-state index contributed by atoms with van der Waals surface area (Å²) in [7, 11) is 0. The van der Waals surface area contributed by atoms with Crippen molar-refractivity contribution in [2.75, 3.05) is 18.5 Å². The maximum Gasteiger partial charge on any atom is 0.412 e. The zero-order chi connectivity index (χ0) is 25.4. The number of anilines is 1. The van der Waals surface area contributed by atoms with Crippen molar-refractivity contribution in [3.8, 4) is 17.2 Å². The minimum absolute atomic E-state index is 0.0440. The first-order valence-electron chi connectivity index (χ1n) is 11.9. The first-order chi connectivity index (χ1) is 17.2. The molecule has 7 nitrogen and oxygen atoms in total. The average Bonchev–Trinajstić information content (AvgIpc) is 3.35. The molecular weight excluding hydrogens is 474 g/mol. The lowest BCUT2D eigenvalue weighted by atomic mass is 9.98. The summed E-state index contributed by atoms with van der Waals surface area (Å²) < 4.78 is 11.1. The SMILES string of the molecule is CC(C)(C)OC(=O)N1CCc2c(sc(NC(=O)OCC3c4ccccc4-c4ccccc43)c2C#N)C1. The maximum atomic E-state index is 12.8. The number of hydrogen-bond acceptors (Lipinski definition) is 6. The standard InChI is InChI=1S/C28H27N3O4S/c1-28(2,3)35-27(33)31-13-12-21-22(14-29)25(36-24(21)15-31)30-26(32)34-16-23-19-10-6-4-8-17(19)18-9-5-7-11-20(18)23/h4-11,23H,12-13,15-16H2,1-3H3,(H,30,32). The van der Waals surface area contributed by atoms with Gasteiger partial charge in [-0.3, -0.25) is 5.32 Å². The lowest BCUT2D eigenvalue weighted by Gasteiger charge is -2.29. The molecule has 0 saturated heterocycles. The second-order valence-corrected chi connectivity index (χ2v) is 11.0. The number of nitriles is 1. The summed E-state index contributed by atoms with van der Waals surface area (Å²) in [6.07, 6.45) is -0.456. The van der Waals surface area contributed by atoms with Crippen LogP contribution in [0.5, 0.6) is 0 Å². The number of thiophene rings is 1. The average molecular weight is 502 g/mol. The Morgan fingerprint density at radius 3 is 2.36 bits per heavy atom. The number of nitrogens with zero attached hydrogens (tertiary/aromatic N) is 2. The monoisotopic (exact) mass is 501 g/mol. The molecule has 1 aromatic heterocycles. The Kier molecular flexibility index (Phi) is 6.19. The molecule has 2 aliphatic rings. The lowest BCUT2D eigenvalue weighted by Crippen LogP contribution is -2.39. The fourth-order valence-electron chi connectivity index (χ4n) is 4.82. The molecule has 0 unspecified atom stereocenters. The normalized spacial score (nSPS) is 14.3. The van der Waals surface area contributed by atoms with Crippen LogP contribution in [0.3, 0.4) is 0 Å². The van der Waals surface area contributed by atoms with Crippen LogP contribution in [-0.2, 0) is 22.4 Å². The second kappa shape index (κ2) is 9.32. The van der Waals surface area contributed by atoms with Crippen molar-refractivity contribution in [2.24, 2.45) is 0 Å². The first kappa shape index (κ1) is 23.9. The van der Waals surface area contributed by atoms with Crippen LogP contribution in [0.15, 0.2) is 48.5 Å². The van der Waals surface area contributed by atoms with Gasteiger partial charge in [-0.15, -0.1) is 11.3 Å². The number of carbonyl (C=O) groups is 2. The Bertz CT molecular complexity index is 1340. The third-order valence-electron chi connectivity index (χ3n) is 6.38. The molecule has 3 aromatic rings. The molecule has 0 fully saturated rings. The van der Waals surface area contributed by atoms with Crippen LogP contribution in [-0.4, -0.2) is 35.8 Å². The molecule has 2 heterocycles. The van der Waals surface area contributed by atoms with Crippen LogP contribution in [0.2, 0.25) is 0 Å². The van der Waals surface area contributed by atoms with Gasteiger partial charge in [-0.1, -0.05) is 48.5 Å². The molecular formula is C28H27N3O4S. The van der Waals surface area contributed by atoms with Crippen LogP contribution in [0, 0.1) is 11.3 Å². The number of rotatable bonds is 3. The van der Waals surface area contributed by atoms with E-state index >= 15 is 0 Å². The predicted octanol–water partition coefficient (Wildman–Crippen LogP) is 6.27. The Morgan fingerprint density at radius 2 is 1.75 bits per heavy atom. The minimum Gasteiger partial charge on any atom is -0.448 e. The molecule has 8 heteroatoms. The van der Waals surface area contributed by atoms with E-state index in [1.165, 1.54) is 11.3 Å². The van der Waals surface area contributed by atoms with Crippen molar-refractivity contribution < 1.29 is 19.1 Å². The molecule has 0 atom stereocenters. The third-order valence-corrected chi connectivity index (χ3v) is 7.51. The highest BCUT2D eigenvalue weighted by Crippen LogP contribution is 2.44. The first-order valence-corrected chi connectivity index (χ1v) is 12.7. The van der Waals surface area contributed by atoms with E-state index in [0.29, 0.717) is 30.1 Å². The van der Waals surface area contributed by atoms with Crippen molar-refractivity contribution in [1.82, 2.24) is 4.90 Å². The zero-order valence-electron chi connectivity index (χ0n) is 20.5. The fraction of sp³-hybridized carbons (Fsp3) is 0.321. The van der Waals surface area contributed by atoms with E-state index in [1.54, 1.807) is 4.90 Å². The number of benzene rings is 2. The molecule has 0 saturated carbocycles. The van der Waals surface area contributed by atoms with Gasteiger partial charge in [-0.05, 0) is 55.0 Å². The molecule has 36 heavy (non-hydrogen) atoms. The number of nitrogens with one attached hydrogen (secondary N) is 1. The van der Waals surface area contributed by atoms with Gasteiger partial charge in [-0.25, -0.2) is 9.59 Å². The number of amides is 2. The number of carbonyl (C=O) groups excluding carboxylic acids is 2. The van der Waals surface area contributed by atoms with Gasteiger partial charge < -0.3 is 14.4 Å². The molecule has 0 spiro atoms. The van der Waals surface area contributed by atoms with Crippen molar-refractivity contribution in [3.63, 3.8) is 0 Å². The Balaban J connectivity index is 1.28. The van der Waals surface area contributed by atoms with Crippen molar-refractivity contribution >= 4 is 28.5 Å². The second-order valence-electron chi connectivity index (χ2n) is 9.92. The summed E-state index contributed by atoms with van der Waals surface area (Å²) in [5.74, 6) is -0.0440. The Morgan fingerprint density at radius 1 is 1.11 bits per heavy atom. The molecule has 0 radical (unpaired) electrons. The number of fused-ring (bicyclic) bond motifs is 4. The van der Waals surface area contributed by atoms with Crippen LogP contribution in [0.4, 0.5) is 14.6 Å². The maximum absolute atomic E-state index is 12.8. The molecule has 1 N–H and O–H groups in total. The van der Waals surface area contributed by atoms with Crippen LogP contribution >= 0.6 is 11.3 Å². The highest BCUT2D eigenvalue weighted by Gasteiger charge is 2.31. The fourth-order valence-corrected chi connectivity index (χ4v) is 6.02. The van der Waals surface area contributed by atoms with Crippen LogP contribution < -0.4 is 5.32 Å². The van der Waals surface area contributed by atoms with Gasteiger partial charge in [0.2, 0.25) is 0 Å². The molecule has 5 rings (SSSR count). The quantitative estimate of drug-likeness (QED) is 0.456. The van der Waals surface area contributed by atoms with Gasteiger partial charge in [-0.2, -0.15) is 5.26 Å². The summed E-state index contributed by atoms with van der Waals surface area (Å²) >= 11 is 1.31. The van der Waals surface area contributed by atoms with E-state index in [4.69, 9.17) is 9.47 Å². The highest BCUT2D eigenvalue weighted by molar-refractivity contribution is 7.16. The van der Waals surface area contributed by atoms with Gasteiger partial charge in [0.05, 0.1) is 12.1 Å². The van der Waals surface area contributed by atoms with Gasteiger partial charge in [0.1, 0.15) is 23.3 Å². The highest BCUT2D eigenvalue weighted by atomic mass is 32.1. The van der Waals surface area contributed by atoms with Crippen molar-refractivity contribution in [3.05, 3.63) is 75.7 Å². The van der Waals surface area contributed by atoms with Gasteiger partial charge in [0.15, 0.2) is 0 Å². The Hall–Kier alpha value is -3.83. The van der Waals surface area contributed by atoms with Crippen LogP contribution in [0.25, 0.3) is 11.1 Å². The summed E-state index contributed by atoms with van der Waals surface area (Å²) in [4.78, 5) is 27.8. The smallest absolute Gasteiger partial charge is 0.412 e. The van der Waals surface area contributed by atoms with E-state index in [9.17, 15) is 14.9 Å². The molecule has 2 aromatic carbocycles. The van der Waals surface area contributed by atoms with Gasteiger partial charge in [0.25, 0.3) is 0 Å². The van der Waals surface area contributed by atoms with E-state index in [2.05, 4.69) is 35.7 Å². The summed E-state index contributed by atoms with van der Waals surface area (Å²) in [5.41, 5.74) is 5.32. The molecule has 1 aliphatic carbocycles.